The van der Waals surface area contributed by atoms with Crippen LogP contribution < -0.4 is 15.6 Å². The second-order valence-corrected chi connectivity index (χ2v) is 7.75. The van der Waals surface area contributed by atoms with Gasteiger partial charge in [0.2, 0.25) is 5.69 Å². The van der Waals surface area contributed by atoms with Crippen molar-refractivity contribution in [2.24, 2.45) is 12.8 Å². The maximum absolute atomic E-state index is 13.2. The third-order valence-electron chi connectivity index (χ3n) is 5.28. The normalized spacial score (nSPS) is 22.9. The molecule has 14 heteroatoms. The Bertz CT molecular complexity index is 733. The maximum atomic E-state index is 13.2. The second kappa shape index (κ2) is 15.5. The van der Waals surface area contributed by atoms with Gasteiger partial charge in [-0.1, -0.05) is 0 Å². The molecule has 1 aliphatic rings. The quantitative estimate of drug-likeness (QED) is 0.197. The average molecular weight is 514 g/mol. The van der Waals surface area contributed by atoms with Crippen molar-refractivity contribution in [3.05, 3.63) is 18.1 Å². The van der Waals surface area contributed by atoms with Gasteiger partial charge < -0.3 is 39.3 Å². The number of hydrogen-bond donors (Lipinski definition) is 3. The zero-order valence-corrected chi connectivity index (χ0v) is 20.0. The van der Waals surface area contributed by atoms with Crippen LogP contribution in [-0.2, 0) is 41.6 Å². The SMILES string of the molecule is CO[C@H]1[C@@H](O)[C@@H](COCCOCCOCCOCCN)OC[C@@H]1Nc1cncc(C(F)(F)F)[n+]1C. The van der Waals surface area contributed by atoms with Gasteiger partial charge in [0.05, 0.1) is 72.7 Å². The lowest BCUT2D eigenvalue weighted by Gasteiger charge is -2.37. The Kier molecular flexibility index (Phi) is 13.1. The molecule has 0 bridgehead atoms. The van der Waals surface area contributed by atoms with E-state index in [1.165, 1.54) is 20.4 Å². The Morgan fingerprint density at radius 2 is 1.69 bits per heavy atom. The van der Waals surface area contributed by atoms with Crippen LogP contribution in [0.15, 0.2) is 12.4 Å². The summed E-state index contributed by atoms with van der Waals surface area (Å²) in [5, 5.41) is 13.6. The number of aliphatic hydroxyl groups is 1. The molecular formula is C21H36F3N4O7+. The Hall–Kier alpha value is -1.65. The molecule has 1 saturated heterocycles. The molecule has 0 aliphatic carbocycles. The van der Waals surface area contributed by atoms with Gasteiger partial charge >= 0.3 is 6.18 Å². The summed E-state index contributed by atoms with van der Waals surface area (Å²) in [6.45, 7) is 3.59. The van der Waals surface area contributed by atoms with Crippen molar-refractivity contribution in [3.63, 3.8) is 0 Å². The average Bonchev–Trinajstić information content (AvgIpc) is 2.81. The van der Waals surface area contributed by atoms with Gasteiger partial charge in [-0.3, -0.25) is 10.3 Å². The minimum atomic E-state index is -4.55. The zero-order valence-electron chi connectivity index (χ0n) is 20.0. The zero-order chi connectivity index (χ0) is 25.7. The molecule has 1 fully saturated rings. The van der Waals surface area contributed by atoms with Crippen LogP contribution >= 0.6 is 0 Å². The predicted molar refractivity (Wildman–Crippen MR) is 117 cm³/mol. The van der Waals surface area contributed by atoms with Crippen molar-refractivity contribution in [1.82, 2.24) is 4.98 Å². The molecule has 35 heavy (non-hydrogen) atoms. The molecule has 0 spiro atoms. The monoisotopic (exact) mass is 513 g/mol. The number of alkyl halides is 3. The number of hydrogen-bond acceptors (Lipinski definition) is 10. The first-order valence-corrected chi connectivity index (χ1v) is 11.3. The Labute approximate surface area is 202 Å². The number of aliphatic hydroxyl groups excluding tert-OH is 1. The molecule has 0 aromatic carbocycles. The van der Waals surface area contributed by atoms with Crippen LogP contribution in [0, 0.1) is 0 Å². The van der Waals surface area contributed by atoms with Crippen LogP contribution in [0.2, 0.25) is 0 Å². The fourth-order valence-electron chi connectivity index (χ4n) is 3.46. The number of nitrogens with zero attached hydrogens (tertiary/aromatic N) is 2. The molecule has 2 heterocycles. The van der Waals surface area contributed by atoms with Crippen molar-refractivity contribution >= 4 is 5.82 Å². The Morgan fingerprint density at radius 1 is 1.09 bits per heavy atom. The van der Waals surface area contributed by atoms with E-state index in [1.54, 1.807) is 0 Å². The molecule has 2 rings (SSSR count). The van der Waals surface area contributed by atoms with Crippen molar-refractivity contribution in [2.75, 3.05) is 78.4 Å². The van der Waals surface area contributed by atoms with Gasteiger partial charge in [-0.25, -0.2) is 4.57 Å². The summed E-state index contributed by atoms with van der Waals surface area (Å²) < 4.78 is 73.0. The first-order valence-electron chi connectivity index (χ1n) is 11.3. The lowest BCUT2D eigenvalue weighted by molar-refractivity contribution is -0.678. The van der Waals surface area contributed by atoms with E-state index >= 15 is 0 Å². The van der Waals surface area contributed by atoms with Gasteiger partial charge in [-0.15, -0.1) is 0 Å². The largest absolute Gasteiger partial charge is 0.455 e. The number of ether oxygens (including phenoxy) is 6. The molecule has 4 N–H and O–H groups in total. The van der Waals surface area contributed by atoms with Crippen LogP contribution in [-0.4, -0.2) is 108 Å². The number of halogens is 3. The van der Waals surface area contributed by atoms with E-state index in [-0.39, 0.29) is 25.6 Å². The third kappa shape index (κ3) is 9.73. The van der Waals surface area contributed by atoms with Crippen molar-refractivity contribution in [3.8, 4) is 0 Å². The highest BCUT2D eigenvalue weighted by molar-refractivity contribution is 5.28. The summed E-state index contributed by atoms with van der Waals surface area (Å²) in [7, 11) is 2.69. The van der Waals surface area contributed by atoms with E-state index in [4.69, 9.17) is 34.2 Å². The van der Waals surface area contributed by atoms with Crippen molar-refractivity contribution in [1.29, 1.82) is 0 Å². The molecule has 11 nitrogen and oxygen atoms in total. The summed E-state index contributed by atoms with van der Waals surface area (Å²) in [6, 6.07) is -0.605. The molecule has 0 saturated carbocycles. The van der Waals surface area contributed by atoms with Gasteiger partial charge in [-0.2, -0.15) is 13.2 Å². The van der Waals surface area contributed by atoms with Gasteiger partial charge in [-0.05, 0) is 0 Å². The van der Waals surface area contributed by atoms with E-state index in [0.29, 0.717) is 46.2 Å². The van der Waals surface area contributed by atoms with Crippen molar-refractivity contribution in [2.45, 2.75) is 30.5 Å². The maximum Gasteiger partial charge on any atom is 0.455 e. The fourth-order valence-corrected chi connectivity index (χ4v) is 3.46. The molecule has 1 aromatic rings. The summed E-state index contributed by atoms with van der Waals surface area (Å²) >= 11 is 0. The summed E-state index contributed by atoms with van der Waals surface area (Å²) in [6.07, 6.45) is -5.01. The predicted octanol–water partition coefficient (Wildman–Crippen LogP) is -0.495. The van der Waals surface area contributed by atoms with E-state index in [2.05, 4.69) is 10.3 Å². The number of nitrogens with two attached hydrogens (primary N) is 1. The van der Waals surface area contributed by atoms with Crippen LogP contribution in [0.4, 0.5) is 19.0 Å². The summed E-state index contributed by atoms with van der Waals surface area (Å²) in [5.74, 6) is 0.113. The molecule has 202 valence electrons. The Balaban J connectivity index is 1.70. The van der Waals surface area contributed by atoms with E-state index in [9.17, 15) is 18.3 Å². The molecule has 1 aromatic heterocycles. The fraction of sp³-hybridized carbons (Fsp3) is 0.810. The minimum absolute atomic E-state index is 0.0860. The van der Waals surface area contributed by atoms with Crippen LogP contribution in [0.1, 0.15) is 5.69 Å². The molecule has 0 unspecified atom stereocenters. The number of nitrogens with one attached hydrogen (secondary N) is 1. The molecular weight excluding hydrogens is 477 g/mol. The van der Waals surface area contributed by atoms with E-state index in [0.717, 1.165) is 10.8 Å². The number of anilines is 1. The first kappa shape index (κ1) is 29.6. The summed E-state index contributed by atoms with van der Waals surface area (Å²) in [5.41, 5.74) is 4.40. The number of aromatic nitrogens is 2. The highest BCUT2D eigenvalue weighted by atomic mass is 19.4. The lowest BCUT2D eigenvalue weighted by atomic mass is 9.98. The van der Waals surface area contributed by atoms with Gasteiger partial charge in [0.25, 0.3) is 5.82 Å². The minimum Gasteiger partial charge on any atom is -0.387 e. The molecule has 0 amide bonds. The van der Waals surface area contributed by atoms with Crippen LogP contribution in [0.25, 0.3) is 0 Å². The standard InChI is InChI=1S/C21H35F3N4O7/c1-28-17(21(22,23)24)11-26-12-18(28)27-15-13-35-16(19(29)20(15)30-2)14-34-10-9-33-8-7-32-6-5-31-4-3-25/h11-12,15-16,19-20,29H,3-10,13-14,25H2,1-2H3/p+1/t15-,16+,19-,20+/m0/s1. The van der Waals surface area contributed by atoms with Crippen LogP contribution in [0.5, 0.6) is 0 Å². The van der Waals surface area contributed by atoms with Gasteiger partial charge in [0.1, 0.15) is 30.6 Å². The van der Waals surface area contributed by atoms with Crippen LogP contribution in [0.3, 0.4) is 0 Å². The molecule has 0 radical (unpaired) electrons. The third-order valence-corrected chi connectivity index (χ3v) is 5.28. The first-order chi connectivity index (χ1) is 16.8. The van der Waals surface area contributed by atoms with E-state index < -0.39 is 36.2 Å². The van der Waals surface area contributed by atoms with Gasteiger partial charge in [0, 0.05) is 13.7 Å². The van der Waals surface area contributed by atoms with E-state index in [1.807, 2.05) is 0 Å². The number of rotatable bonds is 16. The lowest BCUT2D eigenvalue weighted by Crippen LogP contribution is -2.58. The van der Waals surface area contributed by atoms with Gasteiger partial charge in [0.15, 0.2) is 0 Å². The highest BCUT2D eigenvalue weighted by Crippen LogP contribution is 2.27. The topological polar surface area (TPSA) is 130 Å². The Morgan fingerprint density at radius 3 is 2.26 bits per heavy atom. The highest BCUT2D eigenvalue weighted by Gasteiger charge is 2.43. The second-order valence-electron chi connectivity index (χ2n) is 7.75. The molecule has 1 aliphatic heterocycles. The smallest absolute Gasteiger partial charge is 0.387 e. The number of methoxy groups -OCH3 is 1. The summed E-state index contributed by atoms with van der Waals surface area (Å²) in [4.78, 5) is 3.66. The molecule has 4 atom stereocenters. The van der Waals surface area contributed by atoms with Crippen molar-refractivity contribution < 1.29 is 51.3 Å².